The van der Waals surface area contributed by atoms with Crippen LogP contribution in [0.15, 0.2) is 54.9 Å². The van der Waals surface area contributed by atoms with Crippen molar-refractivity contribution in [2.45, 2.75) is 38.8 Å². The second-order valence-electron chi connectivity index (χ2n) is 7.19. The van der Waals surface area contributed by atoms with Crippen LogP contribution in [-0.4, -0.2) is 32.4 Å². The van der Waals surface area contributed by atoms with Gasteiger partial charge in [-0.3, -0.25) is 9.55 Å². The molecular formula is C21H26N5S+. The number of pyridine rings is 1. The van der Waals surface area contributed by atoms with E-state index in [1.165, 1.54) is 45.2 Å². The van der Waals surface area contributed by atoms with Crippen LogP contribution in [0, 0.1) is 4.77 Å². The molecule has 0 aliphatic carbocycles. The number of benzene rings is 1. The van der Waals surface area contributed by atoms with E-state index in [0.29, 0.717) is 0 Å². The molecule has 4 rings (SSSR count). The van der Waals surface area contributed by atoms with Gasteiger partial charge < -0.3 is 4.90 Å². The van der Waals surface area contributed by atoms with Crippen LogP contribution >= 0.6 is 12.2 Å². The topological polar surface area (TPSA) is 40.1 Å². The Morgan fingerprint density at radius 1 is 0.926 bits per heavy atom. The SMILES string of the molecule is S=c1n(C[NH+]2CCCCCCC2)nc(-c2cccnc2)n1-c1ccccc1. The highest BCUT2D eigenvalue weighted by Gasteiger charge is 2.18. The first-order valence-corrected chi connectivity index (χ1v) is 10.2. The van der Waals surface area contributed by atoms with E-state index in [1.807, 2.05) is 41.2 Å². The zero-order chi connectivity index (χ0) is 18.5. The predicted molar refractivity (Wildman–Crippen MR) is 109 cm³/mol. The minimum absolute atomic E-state index is 0.745. The molecule has 1 aliphatic rings. The van der Waals surface area contributed by atoms with Gasteiger partial charge in [0.2, 0.25) is 4.77 Å². The highest BCUT2D eigenvalue weighted by atomic mass is 32.1. The van der Waals surface area contributed by atoms with Crippen molar-refractivity contribution in [2.75, 3.05) is 13.1 Å². The van der Waals surface area contributed by atoms with Crippen LogP contribution < -0.4 is 4.90 Å². The van der Waals surface area contributed by atoms with Crippen LogP contribution in [0.4, 0.5) is 0 Å². The lowest BCUT2D eigenvalue weighted by Gasteiger charge is -2.21. The minimum Gasteiger partial charge on any atom is -0.316 e. The summed E-state index contributed by atoms with van der Waals surface area (Å²) in [6.07, 6.45) is 10.3. The molecule has 5 nitrogen and oxygen atoms in total. The molecule has 6 heteroatoms. The molecule has 140 valence electrons. The number of hydrogen-bond acceptors (Lipinski definition) is 3. The third-order valence-corrected chi connectivity index (χ3v) is 5.60. The number of aromatic nitrogens is 4. The van der Waals surface area contributed by atoms with E-state index in [1.54, 1.807) is 11.1 Å². The van der Waals surface area contributed by atoms with Crippen molar-refractivity contribution >= 4 is 12.2 Å². The predicted octanol–water partition coefficient (Wildman–Crippen LogP) is 3.27. The van der Waals surface area contributed by atoms with Gasteiger partial charge in [0.25, 0.3) is 0 Å². The molecule has 1 aliphatic heterocycles. The maximum atomic E-state index is 5.85. The Hall–Kier alpha value is -2.31. The molecule has 0 saturated carbocycles. The molecule has 27 heavy (non-hydrogen) atoms. The molecule has 1 N–H and O–H groups in total. The van der Waals surface area contributed by atoms with Gasteiger partial charge in [0, 0.05) is 23.6 Å². The van der Waals surface area contributed by atoms with Crippen LogP contribution in [0.1, 0.15) is 32.1 Å². The van der Waals surface area contributed by atoms with Crippen molar-refractivity contribution in [3.8, 4) is 17.1 Å². The van der Waals surface area contributed by atoms with Gasteiger partial charge in [-0.05, 0) is 62.2 Å². The normalized spacial score (nSPS) is 16.0. The van der Waals surface area contributed by atoms with Crippen LogP contribution in [0.3, 0.4) is 0 Å². The van der Waals surface area contributed by atoms with E-state index in [4.69, 9.17) is 17.3 Å². The molecule has 1 saturated heterocycles. The molecule has 3 heterocycles. The molecule has 0 unspecified atom stereocenters. The van der Waals surface area contributed by atoms with Crippen LogP contribution in [0.2, 0.25) is 0 Å². The van der Waals surface area contributed by atoms with Crippen LogP contribution in [-0.2, 0) is 6.67 Å². The fourth-order valence-corrected chi connectivity index (χ4v) is 4.07. The maximum absolute atomic E-state index is 5.85. The molecule has 1 fully saturated rings. The average molecular weight is 381 g/mol. The molecule has 0 radical (unpaired) electrons. The Kier molecular flexibility index (Phi) is 5.75. The number of rotatable bonds is 4. The number of hydrogen-bond donors (Lipinski definition) is 1. The lowest BCUT2D eigenvalue weighted by atomic mass is 10.1. The summed E-state index contributed by atoms with van der Waals surface area (Å²) in [4.78, 5) is 5.84. The van der Waals surface area contributed by atoms with Gasteiger partial charge in [-0.1, -0.05) is 24.6 Å². The first kappa shape index (κ1) is 18.1. The number of likely N-dealkylation sites (tertiary alicyclic amines) is 1. The number of para-hydroxylation sites is 1. The summed E-state index contributed by atoms with van der Waals surface area (Å²) in [5.41, 5.74) is 2.02. The highest BCUT2D eigenvalue weighted by Crippen LogP contribution is 2.21. The van der Waals surface area contributed by atoms with Crippen LogP contribution in [0.5, 0.6) is 0 Å². The van der Waals surface area contributed by atoms with Crippen molar-refractivity contribution in [1.82, 2.24) is 19.3 Å². The fourth-order valence-electron chi connectivity index (χ4n) is 3.78. The Morgan fingerprint density at radius 3 is 2.37 bits per heavy atom. The summed E-state index contributed by atoms with van der Waals surface area (Å²) in [6.45, 7) is 3.22. The van der Waals surface area contributed by atoms with E-state index >= 15 is 0 Å². The summed E-state index contributed by atoms with van der Waals surface area (Å²) < 4.78 is 4.81. The van der Waals surface area contributed by atoms with Crippen molar-refractivity contribution < 1.29 is 4.90 Å². The largest absolute Gasteiger partial charge is 0.316 e. The second-order valence-corrected chi connectivity index (χ2v) is 7.56. The summed E-state index contributed by atoms with van der Waals surface area (Å²) in [5.74, 6) is 0.853. The van der Waals surface area contributed by atoms with Gasteiger partial charge in [0.15, 0.2) is 12.5 Å². The minimum atomic E-state index is 0.745. The van der Waals surface area contributed by atoms with Gasteiger partial charge >= 0.3 is 0 Å². The van der Waals surface area contributed by atoms with Gasteiger partial charge in [0.1, 0.15) is 0 Å². The van der Waals surface area contributed by atoms with E-state index in [2.05, 4.69) is 21.7 Å². The molecule has 0 atom stereocenters. The van der Waals surface area contributed by atoms with E-state index in [9.17, 15) is 0 Å². The number of nitrogens with one attached hydrogen (secondary N) is 1. The molecule has 2 aromatic heterocycles. The standard InChI is InChI=1S/C21H25N5S/c27-21-25(17-24-14-7-2-1-3-8-15-24)23-20(18-10-9-13-22-16-18)26(21)19-11-5-4-6-12-19/h4-6,9-13,16H,1-3,7-8,14-15,17H2/p+1. The molecular weight excluding hydrogens is 354 g/mol. The molecule has 0 spiro atoms. The Morgan fingerprint density at radius 2 is 1.67 bits per heavy atom. The second kappa shape index (κ2) is 8.59. The Bertz CT molecular complexity index is 909. The molecule has 0 bridgehead atoms. The zero-order valence-electron chi connectivity index (χ0n) is 15.6. The first-order chi connectivity index (χ1) is 13.3. The lowest BCUT2D eigenvalue weighted by Crippen LogP contribution is -3.11. The van der Waals surface area contributed by atoms with Gasteiger partial charge in [-0.15, -0.1) is 5.10 Å². The van der Waals surface area contributed by atoms with E-state index in [0.717, 1.165) is 28.5 Å². The van der Waals surface area contributed by atoms with Gasteiger partial charge in [-0.2, -0.15) is 4.68 Å². The maximum Gasteiger partial charge on any atom is 0.207 e. The highest BCUT2D eigenvalue weighted by molar-refractivity contribution is 7.71. The summed E-state index contributed by atoms with van der Waals surface area (Å²) in [6, 6.07) is 14.2. The number of nitrogens with zero attached hydrogens (tertiary/aromatic N) is 4. The smallest absolute Gasteiger partial charge is 0.207 e. The monoisotopic (exact) mass is 380 g/mol. The summed E-state index contributed by atoms with van der Waals surface area (Å²) in [5, 5.41) is 4.92. The van der Waals surface area contributed by atoms with E-state index < -0.39 is 0 Å². The van der Waals surface area contributed by atoms with E-state index in [-0.39, 0.29) is 0 Å². The molecule has 1 aromatic carbocycles. The van der Waals surface area contributed by atoms with Crippen molar-refractivity contribution in [3.63, 3.8) is 0 Å². The Balaban J connectivity index is 1.73. The fraction of sp³-hybridized carbons (Fsp3) is 0.381. The lowest BCUT2D eigenvalue weighted by molar-refractivity contribution is -0.924. The van der Waals surface area contributed by atoms with Gasteiger partial charge in [0.05, 0.1) is 13.1 Å². The van der Waals surface area contributed by atoms with Crippen molar-refractivity contribution in [3.05, 3.63) is 59.6 Å². The third-order valence-electron chi connectivity index (χ3n) is 5.21. The average Bonchev–Trinajstić information content (AvgIpc) is 3.01. The first-order valence-electron chi connectivity index (χ1n) is 9.82. The van der Waals surface area contributed by atoms with Crippen molar-refractivity contribution in [1.29, 1.82) is 0 Å². The Labute approximate surface area is 165 Å². The quantitative estimate of drug-likeness (QED) is 0.706. The molecule has 0 amide bonds. The third kappa shape index (κ3) is 4.17. The van der Waals surface area contributed by atoms with Gasteiger partial charge in [-0.25, -0.2) is 0 Å². The van der Waals surface area contributed by atoms with Crippen LogP contribution in [0.25, 0.3) is 17.1 Å². The molecule has 3 aromatic rings. The summed E-state index contributed by atoms with van der Waals surface area (Å²) in [7, 11) is 0. The summed E-state index contributed by atoms with van der Waals surface area (Å²) >= 11 is 5.85. The zero-order valence-corrected chi connectivity index (χ0v) is 16.4. The number of quaternary nitrogens is 1. The van der Waals surface area contributed by atoms with Crippen molar-refractivity contribution in [2.24, 2.45) is 0 Å².